The third-order valence-electron chi connectivity index (χ3n) is 3.97. The number of rotatable bonds is 4. The monoisotopic (exact) mass is 310 g/mol. The van der Waals surface area contributed by atoms with Crippen LogP contribution in [0, 0.1) is 6.92 Å². The average Bonchev–Trinajstić information content (AvgIpc) is 2.79. The van der Waals surface area contributed by atoms with Crippen LogP contribution in [-0.4, -0.2) is 24.5 Å². The van der Waals surface area contributed by atoms with Crippen molar-refractivity contribution in [1.29, 1.82) is 0 Å². The van der Waals surface area contributed by atoms with E-state index < -0.39 is 11.5 Å². The highest BCUT2D eigenvalue weighted by atomic mass is 32.1. The lowest BCUT2D eigenvalue weighted by molar-refractivity contribution is -0.117. The van der Waals surface area contributed by atoms with Gasteiger partial charge in [-0.3, -0.25) is 4.79 Å². The number of aryl methyl sites for hydroxylation is 1. The number of anilines is 1. The van der Waals surface area contributed by atoms with E-state index in [1.807, 2.05) is 12.3 Å². The van der Waals surface area contributed by atoms with Gasteiger partial charge in [0.1, 0.15) is 4.88 Å². The van der Waals surface area contributed by atoms with Gasteiger partial charge in [0.2, 0.25) is 5.91 Å². The predicted molar refractivity (Wildman–Crippen MR) is 83.6 cm³/mol. The summed E-state index contributed by atoms with van der Waals surface area (Å²) in [6, 6.07) is 0. The summed E-state index contributed by atoms with van der Waals surface area (Å²) in [6.45, 7) is 1.86. The van der Waals surface area contributed by atoms with Crippen LogP contribution in [0.2, 0.25) is 0 Å². The minimum atomic E-state index is -0.427. The molecule has 1 aliphatic carbocycles. The standard InChI is InChI=1S/C15H22N2O3S/c1-10-9-21-13(14(19)20-2)12(10)17-11(18)8-15(16)6-4-3-5-7-15/h9H,3-8,16H2,1-2H3,(H,17,18). The van der Waals surface area contributed by atoms with Gasteiger partial charge in [-0.2, -0.15) is 0 Å². The molecule has 6 heteroatoms. The van der Waals surface area contributed by atoms with Gasteiger partial charge < -0.3 is 15.8 Å². The fourth-order valence-corrected chi connectivity index (χ4v) is 3.70. The number of hydrogen-bond acceptors (Lipinski definition) is 5. The number of ether oxygens (including phenoxy) is 1. The molecule has 0 atom stereocenters. The van der Waals surface area contributed by atoms with Crippen molar-refractivity contribution in [1.82, 2.24) is 0 Å². The van der Waals surface area contributed by atoms with Crippen LogP contribution in [0.1, 0.15) is 53.8 Å². The molecule has 5 nitrogen and oxygen atoms in total. The Kier molecular flexibility index (Phi) is 5.00. The first-order chi connectivity index (χ1) is 9.95. The van der Waals surface area contributed by atoms with E-state index in [-0.39, 0.29) is 5.91 Å². The van der Waals surface area contributed by atoms with E-state index in [9.17, 15) is 9.59 Å². The first kappa shape index (κ1) is 16.0. The van der Waals surface area contributed by atoms with Gasteiger partial charge in [-0.05, 0) is 30.7 Å². The molecule has 2 rings (SSSR count). The second-order valence-corrected chi connectivity index (χ2v) is 6.64. The summed E-state index contributed by atoms with van der Waals surface area (Å²) in [7, 11) is 1.33. The van der Waals surface area contributed by atoms with Crippen LogP contribution in [0.5, 0.6) is 0 Å². The van der Waals surface area contributed by atoms with Crippen molar-refractivity contribution in [2.24, 2.45) is 5.73 Å². The summed E-state index contributed by atoms with van der Waals surface area (Å²) in [5.74, 6) is -0.561. The second kappa shape index (κ2) is 6.58. The van der Waals surface area contributed by atoms with E-state index in [2.05, 4.69) is 5.32 Å². The quantitative estimate of drug-likeness (QED) is 0.838. The maximum Gasteiger partial charge on any atom is 0.350 e. The maximum absolute atomic E-state index is 12.3. The number of carbonyl (C=O) groups is 2. The SMILES string of the molecule is COC(=O)c1scc(C)c1NC(=O)CC1(N)CCCCC1. The van der Waals surface area contributed by atoms with Crippen LogP contribution in [0.4, 0.5) is 5.69 Å². The molecular weight excluding hydrogens is 288 g/mol. The van der Waals surface area contributed by atoms with E-state index in [1.165, 1.54) is 24.9 Å². The van der Waals surface area contributed by atoms with Crippen molar-refractivity contribution in [2.75, 3.05) is 12.4 Å². The highest BCUT2D eigenvalue weighted by molar-refractivity contribution is 7.12. The Hall–Kier alpha value is -1.40. The van der Waals surface area contributed by atoms with Crippen molar-refractivity contribution < 1.29 is 14.3 Å². The van der Waals surface area contributed by atoms with Gasteiger partial charge in [-0.25, -0.2) is 4.79 Å². The first-order valence-electron chi connectivity index (χ1n) is 7.20. The van der Waals surface area contributed by atoms with Gasteiger partial charge >= 0.3 is 5.97 Å². The van der Waals surface area contributed by atoms with E-state index in [1.54, 1.807) is 0 Å². The number of amides is 1. The topological polar surface area (TPSA) is 81.4 Å². The second-order valence-electron chi connectivity index (χ2n) is 5.76. The summed E-state index contributed by atoms with van der Waals surface area (Å²) in [5.41, 5.74) is 7.31. The highest BCUT2D eigenvalue weighted by Gasteiger charge is 2.30. The van der Waals surface area contributed by atoms with Crippen LogP contribution in [0.3, 0.4) is 0 Å². The molecule has 1 fully saturated rings. The minimum absolute atomic E-state index is 0.133. The summed E-state index contributed by atoms with van der Waals surface area (Å²) < 4.78 is 4.74. The maximum atomic E-state index is 12.3. The normalized spacial score (nSPS) is 17.3. The molecule has 3 N–H and O–H groups in total. The zero-order valence-electron chi connectivity index (χ0n) is 12.5. The largest absolute Gasteiger partial charge is 0.465 e. The summed E-state index contributed by atoms with van der Waals surface area (Å²) in [5, 5.41) is 4.67. The third kappa shape index (κ3) is 3.83. The fraction of sp³-hybridized carbons (Fsp3) is 0.600. The summed E-state index contributed by atoms with van der Waals surface area (Å²) in [6.07, 6.45) is 5.41. The molecule has 116 valence electrons. The molecule has 1 aromatic heterocycles. The van der Waals surface area contributed by atoms with E-state index in [0.29, 0.717) is 17.0 Å². The molecule has 0 bridgehead atoms. The van der Waals surface area contributed by atoms with Crippen LogP contribution in [0.25, 0.3) is 0 Å². The van der Waals surface area contributed by atoms with Gasteiger partial charge in [-0.15, -0.1) is 11.3 Å². The number of nitrogens with two attached hydrogens (primary N) is 1. The van der Waals surface area contributed by atoms with Gasteiger partial charge in [-0.1, -0.05) is 19.3 Å². The molecule has 1 amide bonds. The number of carbonyl (C=O) groups excluding carboxylic acids is 2. The molecule has 0 aromatic carbocycles. The van der Waals surface area contributed by atoms with Crippen molar-refractivity contribution in [3.05, 3.63) is 15.8 Å². The molecule has 1 saturated carbocycles. The van der Waals surface area contributed by atoms with Crippen LogP contribution < -0.4 is 11.1 Å². The van der Waals surface area contributed by atoms with Crippen molar-refractivity contribution in [2.45, 2.75) is 51.0 Å². The Bertz CT molecular complexity index is 533. The van der Waals surface area contributed by atoms with Crippen molar-refractivity contribution >= 4 is 28.9 Å². The van der Waals surface area contributed by atoms with Crippen LogP contribution >= 0.6 is 11.3 Å². The molecule has 0 saturated heterocycles. The lowest BCUT2D eigenvalue weighted by atomic mass is 9.80. The molecule has 0 spiro atoms. The lowest BCUT2D eigenvalue weighted by Crippen LogP contribution is -2.44. The van der Waals surface area contributed by atoms with Gasteiger partial charge in [0.05, 0.1) is 12.8 Å². The summed E-state index contributed by atoms with van der Waals surface area (Å²) in [4.78, 5) is 24.4. The van der Waals surface area contributed by atoms with Gasteiger partial charge in [0.25, 0.3) is 0 Å². The van der Waals surface area contributed by atoms with Gasteiger partial charge in [0, 0.05) is 12.0 Å². The van der Waals surface area contributed by atoms with Gasteiger partial charge in [0.15, 0.2) is 0 Å². The Labute approximate surface area is 128 Å². The lowest BCUT2D eigenvalue weighted by Gasteiger charge is -2.32. The molecule has 1 aromatic rings. The molecule has 0 unspecified atom stereocenters. The third-order valence-corrected chi connectivity index (χ3v) is 5.05. The highest BCUT2D eigenvalue weighted by Crippen LogP contribution is 2.31. The number of methoxy groups -OCH3 is 1. The van der Waals surface area contributed by atoms with E-state index in [4.69, 9.17) is 10.5 Å². The minimum Gasteiger partial charge on any atom is -0.465 e. The molecule has 1 aliphatic rings. The molecule has 1 heterocycles. The summed E-state index contributed by atoms with van der Waals surface area (Å²) >= 11 is 1.28. The number of thiophene rings is 1. The van der Waals surface area contributed by atoms with Crippen LogP contribution in [-0.2, 0) is 9.53 Å². The molecular formula is C15H22N2O3S. The number of nitrogens with one attached hydrogen (secondary N) is 1. The average molecular weight is 310 g/mol. The number of hydrogen-bond donors (Lipinski definition) is 2. The Morgan fingerprint density at radius 3 is 2.67 bits per heavy atom. The smallest absolute Gasteiger partial charge is 0.350 e. The van der Waals surface area contributed by atoms with E-state index >= 15 is 0 Å². The zero-order valence-corrected chi connectivity index (χ0v) is 13.3. The fourth-order valence-electron chi connectivity index (χ4n) is 2.78. The first-order valence-corrected chi connectivity index (χ1v) is 8.08. The molecule has 21 heavy (non-hydrogen) atoms. The van der Waals surface area contributed by atoms with E-state index in [0.717, 1.165) is 31.2 Å². The zero-order chi connectivity index (χ0) is 15.5. The number of esters is 1. The van der Waals surface area contributed by atoms with Crippen molar-refractivity contribution in [3.63, 3.8) is 0 Å². The predicted octanol–water partition coefficient (Wildman–Crippen LogP) is 2.83. The van der Waals surface area contributed by atoms with Crippen LogP contribution in [0.15, 0.2) is 5.38 Å². The van der Waals surface area contributed by atoms with Crippen molar-refractivity contribution in [3.8, 4) is 0 Å². The Balaban J connectivity index is 2.06. The molecule has 0 radical (unpaired) electrons. The molecule has 0 aliphatic heterocycles. The Morgan fingerprint density at radius 2 is 2.05 bits per heavy atom. The Morgan fingerprint density at radius 1 is 1.38 bits per heavy atom.